The highest BCUT2D eigenvalue weighted by atomic mass is 79.9. The van der Waals surface area contributed by atoms with Crippen molar-refractivity contribution in [2.75, 3.05) is 13.1 Å². The van der Waals surface area contributed by atoms with Crippen LogP contribution in [-0.2, 0) is 0 Å². The molecule has 116 valence electrons. The van der Waals surface area contributed by atoms with Crippen molar-refractivity contribution in [3.8, 4) is 0 Å². The van der Waals surface area contributed by atoms with Crippen LogP contribution in [0, 0.1) is 0 Å². The van der Waals surface area contributed by atoms with E-state index in [9.17, 15) is 0 Å². The molecule has 0 saturated carbocycles. The van der Waals surface area contributed by atoms with Crippen LogP contribution in [-0.4, -0.2) is 29.9 Å². The number of guanidine groups is 2. The maximum Gasteiger partial charge on any atom is 0.223 e. The molecule has 1 rings (SSSR count). The molecule has 0 spiro atoms. The van der Waals surface area contributed by atoms with Gasteiger partial charge in [0.2, 0.25) is 5.96 Å². The summed E-state index contributed by atoms with van der Waals surface area (Å²) >= 11 is 6.88. The van der Waals surface area contributed by atoms with Crippen molar-refractivity contribution in [2.24, 2.45) is 21.5 Å². The van der Waals surface area contributed by atoms with Crippen molar-refractivity contribution in [1.82, 2.24) is 4.90 Å². The lowest BCUT2D eigenvalue weighted by Gasteiger charge is -2.21. The molecule has 5 nitrogen and oxygen atoms in total. The van der Waals surface area contributed by atoms with Gasteiger partial charge >= 0.3 is 0 Å². The first-order chi connectivity index (χ1) is 9.99. The Morgan fingerprint density at radius 2 is 1.62 bits per heavy atom. The molecule has 0 amide bonds. The molecule has 21 heavy (non-hydrogen) atoms. The molecule has 0 aliphatic rings. The Kier molecular flexibility index (Phi) is 7.74. The summed E-state index contributed by atoms with van der Waals surface area (Å²) in [6, 6.07) is 5.69. The highest BCUT2D eigenvalue weighted by Gasteiger charge is 2.07. The molecule has 0 saturated heterocycles. The van der Waals surface area contributed by atoms with E-state index in [1.165, 1.54) is 0 Å². The smallest absolute Gasteiger partial charge is 0.223 e. The van der Waals surface area contributed by atoms with E-state index >= 15 is 0 Å². The van der Waals surface area contributed by atoms with E-state index in [-0.39, 0.29) is 5.96 Å². The van der Waals surface area contributed by atoms with Crippen molar-refractivity contribution in [3.63, 3.8) is 0 Å². The van der Waals surface area contributed by atoms with E-state index in [0.717, 1.165) is 34.9 Å². The minimum atomic E-state index is 0.136. The van der Waals surface area contributed by atoms with Crippen LogP contribution in [0.4, 0.5) is 5.69 Å². The van der Waals surface area contributed by atoms with Crippen molar-refractivity contribution in [1.29, 1.82) is 0 Å². The average molecular weight is 419 g/mol. The molecule has 1 aromatic rings. The van der Waals surface area contributed by atoms with E-state index in [1.54, 1.807) is 0 Å². The number of nitrogens with two attached hydrogens (primary N) is 2. The maximum absolute atomic E-state index is 6.01. The molecular formula is C14H21Br2N5. The summed E-state index contributed by atoms with van der Waals surface area (Å²) in [5.41, 5.74) is 12.6. The van der Waals surface area contributed by atoms with Crippen LogP contribution in [0.5, 0.6) is 0 Å². The van der Waals surface area contributed by atoms with Gasteiger partial charge in [-0.1, -0.05) is 19.9 Å². The van der Waals surface area contributed by atoms with Gasteiger partial charge in [-0.25, -0.2) is 4.99 Å². The van der Waals surface area contributed by atoms with E-state index in [4.69, 9.17) is 11.5 Å². The minimum absolute atomic E-state index is 0.136. The number of nitrogens with zero attached hydrogens (tertiary/aromatic N) is 3. The van der Waals surface area contributed by atoms with E-state index in [0.29, 0.717) is 11.6 Å². The van der Waals surface area contributed by atoms with Crippen LogP contribution >= 0.6 is 31.9 Å². The largest absolute Gasteiger partial charge is 0.369 e. The lowest BCUT2D eigenvalue weighted by Crippen LogP contribution is -2.39. The molecule has 7 heteroatoms. The second-order valence-corrected chi connectivity index (χ2v) is 6.21. The fourth-order valence-electron chi connectivity index (χ4n) is 1.80. The number of para-hydroxylation sites is 1. The Balaban J connectivity index is 2.98. The highest BCUT2D eigenvalue weighted by molar-refractivity contribution is 9.11. The predicted molar refractivity (Wildman–Crippen MR) is 96.9 cm³/mol. The average Bonchev–Trinajstić information content (AvgIpc) is 2.42. The van der Waals surface area contributed by atoms with Gasteiger partial charge in [-0.15, -0.1) is 0 Å². The zero-order valence-corrected chi connectivity index (χ0v) is 15.5. The Labute approximate surface area is 142 Å². The van der Waals surface area contributed by atoms with Crippen LogP contribution in [0.1, 0.15) is 26.7 Å². The Morgan fingerprint density at radius 1 is 1.10 bits per heavy atom. The summed E-state index contributed by atoms with van der Waals surface area (Å²) in [5, 5.41) is 0. The third kappa shape index (κ3) is 5.67. The normalized spacial score (nSPS) is 12.6. The van der Waals surface area contributed by atoms with Crippen LogP contribution in [0.25, 0.3) is 0 Å². The van der Waals surface area contributed by atoms with Gasteiger partial charge in [0.1, 0.15) is 0 Å². The Hall–Kier alpha value is -1.08. The molecule has 0 aliphatic heterocycles. The molecule has 0 fully saturated rings. The summed E-state index contributed by atoms with van der Waals surface area (Å²) in [4.78, 5) is 10.5. The second-order valence-electron chi connectivity index (χ2n) is 4.50. The number of aliphatic imine (C=N–C) groups is 2. The lowest BCUT2D eigenvalue weighted by molar-refractivity contribution is 0.413. The molecule has 0 bridgehead atoms. The van der Waals surface area contributed by atoms with Crippen molar-refractivity contribution in [2.45, 2.75) is 26.7 Å². The van der Waals surface area contributed by atoms with Gasteiger partial charge in [-0.2, -0.15) is 4.99 Å². The topological polar surface area (TPSA) is 80.0 Å². The number of rotatable bonds is 5. The summed E-state index contributed by atoms with van der Waals surface area (Å²) in [5.74, 6) is 0.542. The van der Waals surface area contributed by atoms with Gasteiger partial charge in [0.25, 0.3) is 0 Å². The summed E-state index contributed by atoms with van der Waals surface area (Å²) < 4.78 is 1.68. The van der Waals surface area contributed by atoms with E-state index in [1.807, 2.05) is 23.1 Å². The molecule has 0 atom stereocenters. The standard InChI is InChI=1S/C14H21Br2N5/c1-3-8-21(9-4-2)14(18)20-13(17)19-12-10(15)6-5-7-11(12)16/h5-7H,3-4,8-9H2,1-2H3,(H4,17,18,19,20). The van der Waals surface area contributed by atoms with Crippen molar-refractivity contribution in [3.05, 3.63) is 27.1 Å². The first-order valence-electron chi connectivity index (χ1n) is 6.86. The molecule has 0 unspecified atom stereocenters. The fraction of sp³-hybridized carbons (Fsp3) is 0.429. The first kappa shape index (κ1) is 18.0. The molecule has 1 aromatic carbocycles. The fourth-order valence-corrected chi connectivity index (χ4v) is 2.98. The van der Waals surface area contributed by atoms with Gasteiger partial charge in [0.15, 0.2) is 5.96 Å². The third-order valence-electron chi connectivity index (χ3n) is 2.70. The van der Waals surface area contributed by atoms with Crippen LogP contribution < -0.4 is 11.5 Å². The molecule has 0 aliphatic carbocycles. The Bertz CT molecular complexity index is 502. The number of halogens is 2. The number of hydrogen-bond acceptors (Lipinski definition) is 1. The highest BCUT2D eigenvalue weighted by Crippen LogP contribution is 2.33. The van der Waals surface area contributed by atoms with Crippen LogP contribution in [0.3, 0.4) is 0 Å². The van der Waals surface area contributed by atoms with Crippen LogP contribution in [0.2, 0.25) is 0 Å². The van der Waals surface area contributed by atoms with Gasteiger partial charge in [0, 0.05) is 22.0 Å². The summed E-state index contributed by atoms with van der Waals surface area (Å²) in [6.07, 6.45) is 2.01. The minimum Gasteiger partial charge on any atom is -0.369 e. The van der Waals surface area contributed by atoms with E-state index in [2.05, 4.69) is 55.7 Å². The summed E-state index contributed by atoms with van der Waals surface area (Å²) in [6.45, 7) is 5.92. The molecule has 0 heterocycles. The van der Waals surface area contributed by atoms with Gasteiger partial charge in [-0.05, 0) is 56.8 Å². The summed E-state index contributed by atoms with van der Waals surface area (Å²) in [7, 11) is 0. The molecule has 0 radical (unpaired) electrons. The molecular weight excluding hydrogens is 398 g/mol. The molecule has 0 aromatic heterocycles. The van der Waals surface area contributed by atoms with Crippen LogP contribution in [0.15, 0.2) is 37.1 Å². The van der Waals surface area contributed by atoms with Gasteiger partial charge in [0.05, 0.1) is 5.69 Å². The van der Waals surface area contributed by atoms with Gasteiger partial charge in [-0.3, -0.25) is 0 Å². The van der Waals surface area contributed by atoms with Crippen molar-refractivity contribution >= 4 is 49.5 Å². The van der Waals surface area contributed by atoms with E-state index < -0.39 is 0 Å². The SMILES string of the molecule is CCCN(CCC)C(N)=NC(N)=Nc1c(Br)cccc1Br. The predicted octanol–water partition coefficient (Wildman–Crippen LogP) is 3.59. The Morgan fingerprint density at radius 3 is 2.10 bits per heavy atom. The third-order valence-corrected chi connectivity index (χ3v) is 3.98. The zero-order chi connectivity index (χ0) is 15.8. The van der Waals surface area contributed by atoms with Gasteiger partial charge < -0.3 is 16.4 Å². The monoisotopic (exact) mass is 417 g/mol. The quantitative estimate of drug-likeness (QED) is 0.566. The zero-order valence-electron chi connectivity index (χ0n) is 12.3. The van der Waals surface area contributed by atoms with Crippen molar-refractivity contribution < 1.29 is 0 Å². The maximum atomic E-state index is 6.01. The number of hydrogen-bond donors (Lipinski definition) is 2. The lowest BCUT2D eigenvalue weighted by atomic mass is 10.3. The number of benzene rings is 1. The molecule has 4 N–H and O–H groups in total. The first-order valence-corrected chi connectivity index (χ1v) is 8.45. The second kappa shape index (κ2) is 9.04.